The Morgan fingerprint density at radius 1 is 1.23 bits per heavy atom. The van der Waals surface area contributed by atoms with Gasteiger partial charge in [0.15, 0.2) is 0 Å². The monoisotopic (exact) mass is 329 g/mol. The number of nitrogens with zero attached hydrogens (tertiary/aromatic N) is 1. The van der Waals surface area contributed by atoms with Crippen molar-refractivity contribution in [3.8, 4) is 0 Å². The molecule has 1 rings (SSSR count). The molecule has 0 unspecified atom stereocenters. The van der Waals surface area contributed by atoms with Crippen molar-refractivity contribution < 1.29 is 24.5 Å². The van der Waals surface area contributed by atoms with Crippen LogP contribution in [0, 0.1) is 0 Å². The molecule has 0 atom stereocenters. The number of esters is 1. The van der Waals surface area contributed by atoms with Crippen LogP contribution in [0.5, 0.6) is 0 Å². The van der Waals surface area contributed by atoms with E-state index in [9.17, 15) is 9.59 Å². The molecular formula is C15H23NO5S. The van der Waals surface area contributed by atoms with Gasteiger partial charge in [0, 0.05) is 18.0 Å². The van der Waals surface area contributed by atoms with E-state index in [1.807, 2.05) is 6.07 Å². The average Bonchev–Trinajstić information content (AvgIpc) is 2.96. The van der Waals surface area contributed by atoms with E-state index >= 15 is 0 Å². The molecule has 0 saturated heterocycles. The van der Waals surface area contributed by atoms with Gasteiger partial charge in [-0.05, 0) is 18.6 Å². The van der Waals surface area contributed by atoms with Crippen molar-refractivity contribution in [2.75, 3.05) is 32.9 Å². The van der Waals surface area contributed by atoms with Crippen molar-refractivity contribution in [2.45, 2.75) is 26.2 Å². The number of thiophene rings is 1. The van der Waals surface area contributed by atoms with Gasteiger partial charge < -0.3 is 19.8 Å². The van der Waals surface area contributed by atoms with E-state index in [1.54, 1.807) is 6.07 Å². The molecular weight excluding hydrogens is 306 g/mol. The summed E-state index contributed by atoms with van der Waals surface area (Å²) in [5, 5.41) is 17.7. The van der Waals surface area contributed by atoms with Crippen LogP contribution in [0.25, 0.3) is 0 Å². The van der Waals surface area contributed by atoms with Crippen LogP contribution in [0.4, 0.5) is 0 Å². The van der Waals surface area contributed by atoms with E-state index in [1.165, 1.54) is 16.2 Å². The Balaban J connectivity index is 2.38. The molecule has 124 valence electrons. The summed E-state index contributed by atoms with van der Waals surface area (Å²) in [4.78, 5) is 26.7. The van der Waals surface area contributed by atoms with Crippen LogP contribution in [-0.2, 0) is 16.0 Å². The Hall–Kier alpha value is -1.44. The number of aliphatic hydroxyl groups excluding tert-OH is 2. The highest BCUT2D eigenvalue weighted by molar-refractivity contribution is 7.13. The standard InChI is InChI=1S/C15H23NO5S/c1-2-3-12-4-5-13(22-12)15(20)21-11-6-14(19)16(7-9-17)8-10-18/h4-5,17-18H,2-3,6-11H2,1H3. The zero-order valence-electron chi connectivity index (χ0n) is 12.8. The van der Waals surface area contributed by atoms with E-state index in [0.29, 0.717) is 4.88 Å². The van der Waals surface area contributed by atoms with Gasteiger partial charge in [-0.1, -0.05) is 13.3 Å². The summed E-state index contributed by atoms with van der Waals surface area (Å²) in [6.45, 7) is 2.07. The zero-order chi connectivity index (χ0) is 16.4. The summed E-state index contributed by atoms with van der Waals surface area (Å²) in [7, 11) is 0. The molecule has 0 aliphatic carbocycles. The molecule has 2 N–H and O–H groups in total. The summed E-state index contributed by atoms with van der Waals surface area (Å²) in [6.07, 6.45) is 2.00. The number of amides is 1. The predicted octanol–water partition coefficient (Wildman–Crippen LogP) is 1.06. The summed E-state index contributed by atoms with van der Waals surface area (Å²) in [6, 6.07) is 3.66. The highest BCUT2D eigenvalue weighted by Crippen LogP contribution is 2.18. The third-order valence-electron chi connectivity index (χ3n) is 3.00. The molecule has 0 spiro atoms. The van der Waals surface area contributed by atoms with Gasteiger partial charge in [-0.15, -0.1) is 11.3 Å². The number of carbonyl (C=O) groups is 2. The third-order valence-corrected chi connectivity index (χ3v) is 4.13. The number of hydrogen-bond donors (Lipinski definition) is 2. The highest BCUT2D eigenvalue weighted by Gasteiger charge is 2.15. The third kappa shape index (κ3) is 6.13. The van der Waals surface area contributed by atoms with Crippen LogP contribution < -0.4 is 0 Å². The summed E-state index contributed by atoms with van der Waals surface area (Å²) in [5.74, 6) is -0.676. The maximum absolute atomic E-state index is 11.8. The van der Waals surface area contributed by atoms with Crippen LogP contribution in [0.15, 0.2) is 12.1 Å². The molecule has 0 saturated carbocycles. The van der Waals surface area contributed by atoms with Crippen molar-refractivity contribution in [3.63, 3.8) is 0 Å². The number of carbonyl (C=O) groups excluding carboxylic acids is 2. The van der Waals surface area contributed by atoms with Gasteiger partial charge in [0.2, 0.25) is 5.91 Å². The van der Waals surface area contributed by atoms with Crippen molar-refractivity contribution in [1.82, 2.24) is 4.90 Å². The fourth-order valence-electron chi connectivity index (χ4n) is 1.93. The first-order chi connectivity index (χ1) is 10.6. The topological polar surface area (TPSA) is 87.1 Å². The van der Waals surface area contributed by atoms with Crippen LogP contribution in [0.3, 0.4) is 0 Å². The second-order valence-corrected chi connectivity index (χ2v) is 5.90. The lowest BCUT2D eigenvalue weighted by Gasteiger charge is -2.20. The zero-order valence-corrected chi connectivity index (χ0v) is 13.6. The van der Waals surface area contributed by atoms with E-state index in [2.05, 4.69) is 6.92 Å². The smallest absolute Gasteiger partial charge is 0.348 e. The minimum atomic E-state index is -0.420. The lowest BCUT2D eigenvalue weighted by atomic mass is 10.3. The lowest BCUT2D eigenvalue weighted by molar-refractivity contribution is -0.132. The molecule has 1 aromatic rings. The number of aliphatic hydroxyl groups is 2. The summed E-state index contributed by atoms with van der Waals surface area (Å²) < 4.78 is 5.10. The van der Waals surface area contributed by atoms with E-state index in [-0.39, 0.29) is 45.2 Å². The van der Waals surface area contributed by atoms with Crippen molar-refractivity contribution in [1.29, 1.82) is 0 Å². The Bertz CT molecular complexity index is 468. The second kappa shape index (κ2) is 10.3. The normalized spacial score (nSPS) is 10.5. The van der Waals surface area contributed by atoms with Crippen molar-refractivity contribution in [3.05, 3.63) is 21.9 Å². The van der Waals surface area contributed by atoms with Gasteiger partial charge in [-0.2, -0.15) is 0 Å². The highest BCUT2D eigenvalue weighted by atomic mass is 32.1. The van der Waals surface area contributed by atoms with Gasteiger partial charge in [0.25, 0.3) is 0 Å². The van der Waals surface area contributed by atoms with Crippen LogP contribution in [0.2, 0.25) is 0 Å². The van der Waals surface area contributed by atoms with E-state index < -0.39 is 5.97 Å². The predicted molar refractivity (Wildman–Crippen MR) is 84.0 cm³/mol. The molecule has 0 bridgehead atoms. The minimum Gasteiger partial charge on any atom is -0.461 e. The first-order valence-electron chi connectivity index (χ1n) is 7.37. The fourth-order valence-corrected chi connectivity index (χ4v) is 2.93. The Morgan fingerprint density at radius 2 is 1.91 bits per heavy atom. The van der Waals surface area contributed by atoms with Gasteiger partial charge in [-0.3, -0.25) is 4.79 Å². The Labute approximate surface area is 134 Å². The molecule has 22 heavy (non-hydrogen) atoms. The van der Waals surface area contributed by atoms with Crippen LogP contribution in [0.1, 0.15) is 34.3 Å². The molecule has 0 aliphatic heterocycles. The Kier molecular flexibility index (Phi) is 8.72. The van der Waals surface area contributed by atoms with Gasteiger partial charge in [0.05, 0.1) is 19.6 Å². The largest absolute Gasteiger partial charge is 0.461 e. The molecule has 6 nitrogen and oxygen atoms in total. The summed E-state index contributed by atoms with van der Waals surface area (Å²) >= 11 is 1.41. The SMILES string of the molecule is CCCc1ccc(C(=O)OCCC(=O)N(CCO)CCO)s1. The van der Waals surface area contributed by atoms with Gasteiger partial charge in [-0.25, -0.2) is 4.79 Å². The molecule has 0 radical (unpaired) electrons. The number of aryl methyl sites for hydroxylation is 1. The van der Waals surface area contributed by atoms with Crippen molar-refractivity contribution in [2.24, 2.45) is 0 Å². The fraction of sp³-hybridized carbons (Fsp3) is 0.600. The quantitative estimate of drug-likeness (QED) is 0.627. The lowest BCUT2D eigenvalue weighted by Crippen LogP contribution is -2.36. The molecule has 7 heteroatoms. The van der Waals surface area contributed by atoms with Crippen molar-refractivity contribution >= 4 is 23.2 Å². The molecule has 0 aromatic carbocycles. The van der Waals surface area contributed by atoms with Crippen LogP contribution >= 0.6 is 11.3 Å². The van der Waals surface area contributed by atoms with E-state index in [0.717, 1.165) is 17.7 Å². The number of hydrogen-bond acceptors (Lipinski definition) is 6. The molecule has 1 amide bonds. The molecule has 0 fully saturated rings. The van der Waals surface area contributed by atoms with Crippen LogP contribution in [-0.4, -0.2) is 59.9 Å². The average molecular weight is 329 g/mol. The molecule has 0 aliphatic rings. The van der Waals surface area contributed by atoms with Gasteiger partial charge in [0.1, 0.15) is 11.5 Å². The molecule has 1 heterocycles. The second-order valence-electron chi connectivity index (χ2n) is 4.73. The first-order valence-corrected chi connectivity index (χ1v) is 8.19. The first kappa shape index (κ1) is 18.6. The Morgan fingerprint density at radius 3 is 2.50 bits per heavy atom. The molecule has 1 aromatic heterocycles. The summed E-state index contributed by atoms with van der Waals surface area (Å²) in [5.41, 5.74) is 0. The maximum Gasteiger partial charge on any atom is 0.348 e. The van der Waals surface area contributed by atoms with E-state index in [4.69, 9.17) is 14.9 Å². The maximum atomic E-state index is 11.8. The minimum absolute atomic E-state index is 0.00790. The number of rotatable bonds is 10. The van der Waals surface area contributed by atoms with Gasteiger partial charge >= 0.3 is 5.97 Å². The number of ether oxygens (including phenoxy) is 1.